The van der Waals surface area contributed by atoms with Crippen molar-refractivity contribution in [3.8, 4) is 21.9 Å². The minimum Gasteiger partial charge on any atom is -0.493 e. The average Bonchev–Trinajstić information content (AvgIpc) is 3.31. The highest BCUT2D eigenvalue weighted by Crippen LogP contribution is 2.30. The molecule has 4 aromatic rings. The lowest BCUT2D eigenvalue weighted by molar-refractivity contribution is -0.121. The zero-order valence-electron chi connectivity index (χ0n) is 18.9. The van der Waals surface area contributed by atoms with Gasteiger partial charge in [-0.05, 0) is 41.8 Å². The van der Waals surface area contributed by atoms with Crippen molar-refractivity contribution in [2.75, 3.05) is 13.7 Å². The first-order valence-corrected chi connectivity index (χ1v) is 11.6. The Morgan fingerprint density at radius 3 is 2.76 bits per heavy atom. The third kappa shape index (κ3) is 5.32. The normalized spacial score (nSPS) is 11.1. The first kappa shape index (κ1) is 23.2. The number of ether oxygens (including phenoxy) is 2. The molecule has 1 amide bonds. The van der Waals surface area contributed by atoms with Crippen molar-refractivity contribution < 1.29 is 14.3 Å². The summed E-state index contributed by atoms with van der Waals surface area (Å²) < 4.78 is 12.3. The lowest BCUT2D eigenvalue weighted by Crippen LogP contribution is -2.29. The monoisotopic (exact) mass is 476 g/mol. The van der Waals surface area contributed by atoms with Crippen LogP contribution >= 0.6 is 11.3 Å². The number of nitrogens with zero attached hydrogens (tertiary/aromatic N) is 3. The smallest absolute Gasteiger partial charge is 0.262 e. The molecule has 1 N–H and O–H groups in total. The SMILES string of the molecule is CCCOc1ccc(/C=N/NC(=O)Cn2cnc3sc(-c4ccccc4)cc3c2=O)cc1OC. The Bertz CT molecular complexity index is 1380. The molecule has 0 bridgehead atoms. The number of hydrogen-bond donors (Lipinski definition) is 1. The first-order valence-electron chi connectivity index (χ1n) is 10.8. The van der Waals surface area contributed by atoms with Crippen LogP contribution in [0.3, 0.4) is 0 Å². The van der Waals surface area contributed by atoms with Crippen molar-refractivity contribution >= 4 is 33.7 Å². The van der Waals surface area contributed by atoms with Gasteiger partial charge in [0.25, 0.3) is 11.5 Å². The van der Waals surface area contributed by atoms with E-state index in [0.717, 1.165) is 22.4 Å². The van der Waals surface area contributed by atoms with E-state index >= 15 is 0 Å². The summed E-state index contributed by atoms with van der Waals surface area (Å²) in [6, 6.07) is 17.0. The summed E-state index contributed by atoms with van der Waals surface area (Å²) in [4.78, 5) is 31.2. The number of fused-ring (bicyclic) bond motifs is 1. The van der Waals surface area contributed by atoms with Gasteiger partial charge in [-0.1, -0.05) is 37.3 Å². The number of rotatable bonds is 9. The Kier molecular flexibility index (Phi) is 7.34. The second-order valence-corrected chi connectivity index (χ2v) is 8.46. The number of carbonyl (C=O) groups excluding carboxylic acids is 1. The Morgan fingerprint density at radius 2 is 2.00 bits per heavy atom. The molecular weight excluding hydrogens is 452 g/mol. The van der Waals surface area contributed by atoms with Gasteiger partial charge >= 0.3 is 0 Å². The summed E-state index contributed by atoms with van der Waals surface area (Å²) in [6.45, 7) is 2.43. The third-order valence-electron chi connectivity index (χ3n) is 4.94. The number of carbonyl (C=O) groups is 1. The number of hydrogen-bond acceptors (Lipinski definition) is 7. The van der Waals surface area contributed by atoms with Gasteiger partial charge in [0.15, 0.2) is 11.5 Å². The zero-order chi connectivity index (χ0) is 23.9. The van der Waals surface area contributed by atoms with Gasteiger partial charge in [-0.3, -0.25) is 14.2 Å². The predicted molar refractivity (Wildman–Crippen MR) is 134 cm³/mol. The fourth-order valence-electron chi connectivity index (χ4n) is 3.28. The fraction of sp³-hybridized carbons (Fsp3) is 0.200. The van der Waals surface area contributed by atoms with Crippen molar-refractivity contribution in [3.63, 3.8) is 0 Å². The van der Waals surface area contributed by atoms with Gasteiger partial charge in [0.1, 0.15) is 11.4 Å². The molecule has 2 aromatic carbocycles. The summed E-state index contributed by atoms with van der Waals surface area (Å²) in [5, 5.41) is 4.47. The Balaban J connectivity index is 1.43. The Labute approximate surface area is 200 Å². The van der Waals surface area contributed by atoms with Crippen molar-refractivity contribution in [1.29, 1.82) is 0 Å². The molecule has 0 saturated carbocycles. The molecule has 4 rings (SSSR count). The molecule has 8 nitrogen and oxygen atoms in total. The minimum absolute atomic E-state index is 0.192. The van der Waals surface area contributed by atoms with Crippen LogP contribution in [-0.2, 0) is 11.3 Å². The Hall–Kier alpha value is -3.98. The van der Waals surface area contributed by atoms with Gasteiger partial charge in [0.05, 0.1) is 31.6 Å². The van der Waals surface area contributed by atoms with Crippen LogP contribution in [0.5, 0.6) is 11.5 Å². The molecule has 9 heteroatoms. The van der Waals surface area contributed by atoms with E-state index in [1.807, 2.05) is 49.4 Å². The van der Waals surface area contributed by atoms with Gasteiger partial charge in [-0.15, -0.1) is 11.3 Å². The summed E-state index contributed by atoms with van der Waals surface area (Å²) >= 11 is 1.44. The van der Waals surface area contributed by atoms with E-state index in [-0.39, 0.29) is 12.1 Å². The van der Waals surface area contributed by atoms with Crippen LogP contribution in [0.25, 0.3) is 20.7 Å². The van der Waals surface area contributed by atoms with Crippen molar-refractivity contribution in [3.05, 3.63) is 76.8 Å². The first-order chi connectivity index (χ1) is 16.6. The molecule has 0 aliphatic heterocycles. The lowest BCUT2D eigenvalue weighted by Gasteiger charge is -2.10. The molecule has 0 radical (unpaired) electrons. The number of hydrazone groups is 1. The summed E-state index contributed by atoms with van der Waals surface area (Å²) in [5.41, 5.74) is 3.93. The topological polar surface area (TPSA) is 94.8 Å². The molecule has 34 heavy (non-hydrogen) atoms. The van der Waals surface area contributed by atoms with Crippen LogP contribution in [0.1, 0.15) is 18.9 Å². The predicted octanol–water partition coefficient (Wildman–Crippen LogP) is 4.07. The number of methoxy groups -OCH3 is 1. The summed E-state index contributed by atoms with van der Waals surface area (Å²) in [7, 11) is 1.57. The van der Waals surface area contributed by atoms with Gasteiger partial charge in [-0.25, -0.2) is 10.4 Å². The molecule has 174 valence electrons. The van der Waals surface area contributed by atoms with E-state index in [2.05, 4.69) is 15.5 Å². The molecular formula is C25H24N4O4S. The molecule has 0 saturated heterocycles. The zero-order valence-corrected chi connectivity index (χ0v) is 19.7. The van der Waals surface area contributed by atoms with E-state index in [9.17, 15) is 9.59 Å². The quantitative estimate of drug-likeness (QED) is 0.290. The van der Waals surface area contributed by atoms with E-state index < -0.39 is 5.91 Å². The lowest BCUT2D eigenvalue weighted by atomic mass is 10.2. The number of thiophene rings is 1. The number of aromatic nitrogens is 2. The van der Waals surface area contributed by atoms with Crippen LogP contribution < -0.4 is 20.5 Å². The van der Waals surface area contributed by atoms with E-state index in [4.69, 9.17) is 9.47 Å². The van der Waals surface area contributed by atoms with Crippen molar-refractivity contribution in [2.24, 2.45) is 5.10 Å². The van der Waals surface area contributed by atoms with Crippen LogP contribution in [-0.4, -0.2) is 35.4 Å². The molecule has 0 spiro atoms. The van der Waals surface area contributed by atoms with E-state index in [1.54, 1.807) is 19.2 Å². The van der Waals surface area contributed by atoms with Crippen LogP contribution in [0, 0.1) is 0 Å². The average molecular weight is 477 g/mol. The number of amides is 1. The summed E-state index contributed by atoms with van der Waals surface area (Å²) in [5.74, 6) is 0.796. The highest BCUT2D eigenvalue weighted by Gasteiger charge is 2.12. The maximum atomic E-state index is 12.9. The highest BCUT2D eigenvalue weighted by atomic mass is 32.1. The largest absolute Gasteiger partial charge is 0.493 e. The maximum Gasteiger partial charge on any atom is 0.262 e. The maximum absolute atomic E-state index is 12.9. The second kappa shape index (κ2) is 10.8. The third-order valence-corrected chi connectivity index (χ3v) is 6.03. The highest BCUT2D eigenvalue weighted by molar-refractivity contribution is 7.21. The fourth-order valence-corrected chi connectivity index (χ4v) is 4.28. The molecule has 0 fully saturated rings. The second-order valence-electron chi connectivity index (χ2n) is 7.43. The molecule has 2 aromatic heterocycles. The van der Waals surface area contributed by atoms with Crippen LogP contribution in [0.4, 0.5) is 0 Å². The van der Waals surface area contributed by atoms with E-state index in [1.165, 1.54) is 28.4 Å². The Morgan fingerprint density at radius 1 is 1.18 bits per heavy atom. The van der Waals surface area contributed by atoms with Crippen molar-refractivity contribution in [2.45, 2.75) is 19.9 Å². The van der Waals surface area contributed by atoms with Gasteiger partial charge < -0.3 is 9.47 Å². The van der Waals surface area contributed by atoms with Gasteiger partial charge in [0, 0.05) is 4.88 Å². The molecule has 0 aliphatic carbocycles. The molecule has 0 unspecified atom stereocenters. The van der Waals surface area contributed by atoms with Gasteiger partial charge in [0.2, 0.25) is 0 Å². The molecule has 0 atom stereocenters. The number of nitrogens with one attached hydrogen (secondary N) is 1. The van der Waals surface area contributed by atoms with Crippen LogP contribution in [0.15, 0.2) is 70.8 Å². The number of benzene rings is 2. The van der Waals surface area contributed by atoms with Crippen LogP contribution in [0.2, 0.25) is 0 Å². The van der Waals surface area contributed by atoms with E-state index in [0.29, 0.717) is 28.3 Å². The molecule has 2 heterocycles. The minimum atomic E-state index is -0.437. The van der Waals surface area contributed by atoms with Crippen molar-refractivity contribution in [1.82, 2.24) is 15.0 Å². The summed E-state index contributed by atoms with van der Waals surface area (Å²) in [6.07, 6.45) is 3.78. The van der Waals surface area contributed by atoms with Gasteiger partial charge in [-0.2, -0.15) is 5.10 Å². The molecule has 0 aliphatic rings. The standard InChI is InChI=1S/C25H24N4O4S/c1-3-11-33-20-10-9-17(12-21(20)32-2)14-27-28-23(30)15-29-16-26-24-19(25(29)31)13-22(34-24)18-7-5-4-6-8-18/h4-10,12-14,16H,3,11,15H2,1-2H3,(H,28,30)/b27-14+.